The molecule has 0 rings (SSSR count). The van der Waals surface area contributed by atoms with Gasteiger partial charge in [0.2, 0.25) is 0 Å². The number of aliphatic hydroxyl groups is 5. The van der Waals surface area contributed by atoms with Crippen LogP contribution in [0.4, 0.5) is 0 Å². The van der Waals surface area contributed by atoms with Gasteiger partial charge in [-0.2, -0.15) is 0 Å². The van der Waals surface area contributed by atoms with E-state index in [-0.39, 0.29) is 18.3 Å². The molecule has 5 nitrogen and oxygen atoms in total. The zero-order valence-electron chi connectivity index (χ0n) is 6.71. The Morgan fingerprint density at radius 3 is 1.50 bits per heavy atom. The number of aliphatic hydroxyl groups excluding tert-OH is 5. The average Bonchev–Trinajstić information content (AvgIpc) is 2.04. The normalized spacial score (nSPS) is 11.8. The average molecular weight is 198 g/mol. The molecule has 0 spiro atoms. The lowest BCUT2D eigenvalue weighted by molar-refractivity contribution is 0.0450. The zero-order chi connectivity index (χ0) is 10.1. The lowest BCUT2D eigenvalue weighted by Gasteiger charge is -1.96. The Labute approximate surface area is 75.9 Å². The molecule has 0 aromatic carbocycles. The van der Waals surface area contributed by atoms with Crippen LogP contribution in [0.25, 0.3) is 0 Å². The Kier molecular flexibility index (Phi) is 10.5. The maximum absolute atomic E-state index is 8.24. The fraction of sp³-hybridized carbons (Fsp3) is 0.833. The first-order valence-electron chi connectivity index (χ1n) is 3.26. The fourth-order valence-corrected chi connectivity index (χ4v) is 0.0577. The fourth-order valence-electron chi connectivity index (χ4n) is 0.0577. The van der Waals surface area contributed by atoms with Crippen molar-refractivity contribution in [1.29, 1.82) is 0 Å². The van der Waals surface area contributed by atoms with E-state index in [0.717, 1.165) is 0 Å². The van der Waals surface area contributed by atoms with Gasteiger partial charge < -0.3 is 25.5 Å². The van der Waals surface area contributed by atoms with Crippen LogP contribution in [0.3, 0.4) is 0 Å². The molecule has 5 N–H and O–H groups in total. The second-order valence-electron chi connectivity index (χ2n) is 2.03. The molecule has 0 bridgehead atoms. The Balaban J connectivity index is 0. The van der Waals surface area contributed by atoms with E-state index in [4.69, 9.17) is 25.5 Å². The molecule has 0 aliphatic carbocycles. The van der Waals surface area contributed by atoms with Gasteiger partial charge in [-0.1, -0.05) is 0 Å². The van der Waals surface area contributed by atoms with Crippen molar-refractivity contribution in [2.24, 2.45) is 0 Å². The van der Waals surface area contributed by atoms with Gasteiger partial charge in [0, 0.05) is 0 Å². The smallest absolute Gasteiger partial charge is 0.185 e. The first kappa shape index (κ1) is 14.3. The van der Waals surface area contributed by atoms with Crippen LogP contribution in [0.1, 0.15) is 6.92 Å². The predicted molar refractivity (Wildman–Crippen MR) is 47.1 cm³/mol. The Hall–Kier alpha value is -0.270. The molecule has 0 aliphatic rings. The largest absolute Gasteiger partial charge is 0.500 e. The van der Waals surface area contributed by atoms with Gasteiger partial charge in [0.15, 0.2) is 5.05 Å². The number of rotatable bonds is 3. The summed E-state index contributed by atoms with van der Waals surface area (Å²) in [5.41, 5.74) is 0. The van der Waals surface area contributed by atoms with Crippen LogP contribution in [0.5, 0.6) is 0 Å². The van der Waals surface area contributed by atoms with E-state index in [1.807, 2.05) is 0 Å². The van der Waals surface area contributed by atoms with E-state index < -0.39 is 12.2 Å². The van der Waals surface area contributed by atoms with Crippen LogP contribution in [0, 0.1) is 0 Å². The van der Waals surface area contributed by atoms with Gasteiger partial charge in [-0.3, -0.25) is 0 Å². The highest BCUT2D eigenvalue weighted by molar-refractivity contribution is 7.80. The highest BCUT2D eigenvalue weighted by Gasteiger charge is 1.96. The number of hydrogen-bond acceptors (Lipinski definition) is 5. The van der Waals surface area contributed by atoms with Gasteiger partial charge in [0.1, 0.15) is 12.2 Å². The van der Waals surface area contributed by atoms with Crippen LogP contribution in [0.15, 0.2) is 0 Å². The molecule has 0 aliphatic heterocycles. The molecule has 12 heavy (non-hydrogen) atoms. The summed E-state index contributed by atoms with van der Waals surface area (Å²) in [6.07, 6.45) is -1.81. The van der Waals surface area contributed by atoms with Gasteiger partial charge in [0.05, 0.1) is 13.2 Å². The van der Waals surface area contributed by atoms with Gasteiger partial charge in [-0.25, -0.2) is 0 Å². The molecule has 0 aromatic rings. The molecular weight excluding hydrogens is 184 g/mol. The third-order valence-electron chi connectivity index (χ3n) is 0.779. The third-order valence-corrected chi connectivity index (χ3v) is 1.12. The highest BCUT2D eigenvalue weighted by Crippen LogP contribution is 1.78. The molecule has 0 amide bonds. The molecule has 74 valence electrons. The van der Waals surface area contributed by atoms with Crippen molar-refractivity contribution < 1.29 is 25.5 Å². The summed E-state index contributed by atoms with van der Waals surface area (Å²) in [7, 11) is 0. The van der Waals surface area contributed by atoms with Crippen molar-refractivity contribution in [1.82, 2.24) is 0 Å². The van der Waals surface area contributed by atoms with E-state index in [1.165, 1.54) is 6.92 Å². The third kappa shape index (κ3) is 12.4. The molecule has 0 radical (unpaired) electrons. The van der Waals surface area contributed by atoms with Crippen molar-refractivity contribution >= 4 is 17.3 Å². The summed E-state index contributed by atoms with van der Waals surface area (Å²) < 4.78 is 0. The minimum Gasteiger partial charge on any atom is -0.500 e. The molecule has 1 unspecified atom stereocenters. The van der Waals surface area contributed by atoms with Crippen molar-refractivity contribution in [3.05, 3.63) is 0 Å². The molecule has 0 heterocycles. The summed E-state index contributed by atoms with van der Waals surface area (Å²) >= 11 is 4.12. The lowest BCUT2D eigenvalue weighted by Crippen LogP contribution is -2.15. The van der Waals surface area contributed by atoms with Gasteiger partial charge in [-0.15, -0.1) is 0 Å². The maximum Gasteiger partial charge on any atom is 0.185 e. The quantitative estimate of drug-likeness (QED) is 0.357. The van der Waals surface area contributed by atoms with Crippen LogP contribution in [-0.2, 0) is 0 Å². The minimum atomic E-state index is -0.954. The standard InChI is InChI=1S/C3H8O3.C3H6O2S/c4-1-3(6)2-5;1-2(4)3(5)6/h3-6H,1-2H2;2,4H,1H3,(H,5,6). The summed E-state index contributed by atoms with van der Waals surface area (Å²) in [6.45, 7) is 0.676. The van der Waals surface area contributed by atoms with Crippen molar-refractivity contribution in [3.63, 3.8) is 0 Å². The monoisotopic (exact) mass is 198 g/mol. The summed E-state index contributed by atoms with van der Waals surface area (Å²) in [5.74, 6) is 0. The van der Waals surface area contributed by atoms with E-state index >= 15 is 0 Å². The van der Waals surface area contributed by atoms with Crippen LogP contribution >= 0.6 is 12.2 Å². The molecule has 6 heteroatoms. The molecule has 1 atom stereocenters. The minimum absolute atomic E-state index is 0.352. The highest BCUT2D eigenvalue weighted by atomic mass is 32.1. The molecule has 0 saturated carbocycles. The van der Waals surface area contributed by atoms with Crippen LogP contribution < -0.4 is 0 Å². The molecule has 0 fully saturated rings. The summed E-state index contributed by atoms with van der Waals surface area (Å²) in [4.78, 5) is 0. The topological polar surface area (TPSA) is 101 Å². The van der Waals surface area contributed by atoms with Crippen molar-refractivity contribution in [2.45, 2.75) is 19.1 Å². The van der Waals surface area contributed by atoms with Crippen molar-refractivity contribution in [3.8, 4) is 0 Å². The zero-order valence-corrected chi connectivity index (χ0v) is 7.53. The Morgan fingerprint density at radius 2 is 1.50 bits per heavy atom. The van der Waals surface area contributed by atoms with Crippen LogP contribution in [-0.4, -0.2) is 56.0 Å². The first-order chi connectivity index (χ1) is 5.45. The van der Waals surface area contributed by atoms with Crippen LogP contribution in [0.2, 0.25) is 0 Å². The van der Waals surface area contributed by atoms with E-state index in [1.54, 1.807) is 0 Å². The SMILES string of the molecule is CC(O)C(O)=S.OCC(O)CO. The molecule has 0 saturated heterocycles. The van der Waals surface area contributed by atoms with Crippen molar-refractivity contribution in [2.75, 3.05) is 13.2 Å². The van der Waals surface area contributed by atoms with E-state index in [2.05, 4.69) is 12.2 Å². The second-order valence-corrected chi connectivity index (χ2v) is 2.45. The van der Waals surface area contributed by atoms with E-state index in [9.17, 15) is 0 Å². The number of hydrogen-bond donors (Lipinski definition) is 5. The lowest BCUT2D eigenvalue weighted by atomic mass is 10.4. The van der Waals surface area contributed by atoms with Gasteiger partial charge in [-0.05, 0) is 19.1 Å². The second kappa shape index (κ2) is 8.82. The molecule has 0 aromatic heterocycles. The number of thiocarbonyl (C=S) groups is 1. The van der Waals surface area contributed by atoms with Gasteiger partial charge >= 0.3 is 0 Å². The summed E-state index contributed by atoms with van der Waals surface area (Å²) in [5, 5.41) is 40.0. The Bertz CT molecular complexity index is 113. The van der Waals surface area contributed by atoms with E-state index in [0.29, 0.717) is 0 Å². The maximum atomic E-state index is 8.24. The Morgan fingerprint density at radius 1 is 1.25 bits per heavy atom. The molecular formula is C6H14O5S. The summed E-state index contributed by atoms with van der Waals surface area (Å²) in [6, 6.07) is 0. The van der Waals surface area contributed by atoms with Gasteiger partial charge in [0.25, 0.3) is 0 Å². The predicted octanol–water partition coefficient (Wildman–Crippen LogP) is -1.42. The first-order valence-corrected chi connectivity index (χ1v) is 3.67.